The van der Waals surface area contributed by atoms with Gasteiger partial charge in [0.05, 0.1) is 0 Å². The van der Waals surface area contributed by atoms with E-state index in [0.29, 0.717) is 36.8 Å². The van der Waals surface area contributed by atoms with Crippen molar-refractivity contribution in [1.82, 2.24) is 0 Å². The van der Waals surface area contributed by atoms with Crippen LogP contribution in [0, 0.1) is 40.7 Å². The van der Waals surface area contributed by atoms with Crippen molar-refractivity contribution in [2.75, 3.05) is 0 Å². The summed E-state index contributed by atoms with van der Waals surface area (Å²) in [6.45, 7) is 0.944. The van der Waals surface area contributed by atoms with Crippen molar-refractivity contribution in [3.05, 3.63) is 93.8 Å². The quantitative estimate of drug-likeness (QED) is 0.241. The molecule has 2 nitrogen and oxygen atoms in total. The smallest absolute Gasteiger partial charge is 0.429 e. The standard InChI is InChI=1S/C23H15F9O2/c1-2-3-12-4-5-13(19(27)18(12)26)23(31,32)34-17-7-6-16(21(29)22(17)30)33-10-11-8-14(24)20(28)15(25)9-11/h4-9H,2-3,10H2,1H3. The molecule has 0 saturated heterocycles. The van der Waals surface area contributed by atoms with Crippen LogP contribution in [0.25, 0.3) is 0 Å². The molecule has 11 heteroatoms. The average Bonchev–Trinajstić information content (AvgIpc) is 2.77. The molecule has 0 aromatic heterocycles. The van der Waals surface area contributed by atoms with Gasteiger partial charge in [-0.2, -0.15) is 17.6 Å². The third-order valence-corrected chi connectivity index (χ3v) is 4.68. The molecule has 34 heavy (non-hydrogen) atoms. The van der Waals surface area contributed by atoms with Gasteiger partial charge in [-0.05, 0) is 47.9 Å². The number of ether oxygens (including phenoxy) is 2. The summed E-state index contributed by atoms with van der Waals surface area (Å²) in [6, 6.07) is 3.84. The molecule has 3 aromatic rings. The van der Waals surface area contributed by atoms with E-state index < -0.39 is 70.5 Å². The maximum absolute atomic E-state index is 14.4. The zero-order chi connectivity index (χ0) is 25.2. The van der Waals surface area contributed by atoms with Gasteiger partial charge in [-0.3, -0.25) is 0 Å². The number of hydrogen-bond acceptors (Lipinski definition) is 2. The molecule has 0 unspecified atom stereocenters. The minimum atomic E-state index is -4.57. The number of halogens is 9. The molecular weight excluding hydrogens is 479 g/mol. The molecular formula is C23H15F9O2. The van der Waals surface area contributed by atoms with Gasteiger partial charge in [0.25, 0.3) is 0 Å². The summed E-state index contributed by atoms with van der Waals surface area (Å²) < 4.78 is 134. The normalized spacial score (nSPS) is 11.6. The van der Waals surface area contributed by atoms with E-state index in [-0.39, 0.29) is 17.5 Å². The molecule has 0 heterocycles. The SMILES string of the molecule is CCCc1ccc(C(F)(F)Oc2ccc(OCc3cc(F)c(F)c(F)c3)c(F)c2F)c(F)c1F. The Hall–Kier alpha value is -3.37. The van der Waals surface area contributed by atoms with Crippen LogP contribution >= 0.6 is 0 Å². The maximum atomic E-state index is 14.4. The molecule has 0 radical (unpaired) electrons. The van der Waals surface area contributed by atoms with Crippen molar-refractivity contribution in [2.24, 2.45) is 0 Å². The van der Waals surface area contributed by atoms with Crippen LogP contribution in [-0.2, 0) is 19.1 Å². The first-order valence-corrected chi connectivity index (χ1v) is 9.74. The molecule has 0 amide bonds. The molecule has 0 bridgehead atoms. The van der Waals surface area contributed by atoms with Crippen LogP contribution < -0.4 is 9.47 Å². The Morgan fingerprint density at radius 1 is 0.706 bits per heavy atom. The molecule has 0 spiro atoms. The van der Waals surface area contributed by atoms with Gasteiger partial charge < -0.3 is 9.47 Å². The van der Waals surface area contributed by atoms with Gasteiger partial charge in [-0.1, -0.05) is 19.4 Å². The molecule has 3 rings (SSSR count). The lowest BCUT2D eigenvalue weighted by atomic mass is 10.1. The molecule has 0 saturated carbocycles. The fourth-order valence-corrected chi connectivity index (χ4v) is 3.03. The van der Waals surface area contributed by atoms with Gasteiger partial charge in [0.2, 0.25) is 11.6 Å². The molecule has 0 atom stereocenters. The monoisotopic (exact) mass is 494 g/mol. The van der Waals surface area contributed by atoms with E-state index in [4.69, 9.17) is 4.74 Å². The van der Waals surface area contributed by atoms with Gasteiger partial charge in [0, 0.05) is 0 Å². The second-order valence-corrected chi connectivity index (χ2v) is 7.12. The number of alkyl halides is 2. The largest absolute Gasteiger partial charge is 0.486 e. The predicted octanol–water partition coefficient (Wildman–Crippen LogP) is 7.32. The van der Waals surface area contributed by atoms with E-state index in [0.717, 1.165) is 6.07 Å². The highest BCUT2D eigenvalue weighted by molar-refractivity contribution is 5.37. The highest BCUT2D eigenvalue weighted by atomic mass is 19.3. The summed E-state index contributed by atoms with van der Waals surface area (Å²) in [5.41, 5.74) is -1.93. The number of rotatable bonds is 8. The molecule has 0 N–H and O–H groups in total. The van der Waals surface area contributed by atoms with E-state index in [1.807, 2.05) is 0 Å². The van der Waals surface area contributed by atoms with E-state index in [1.54, 1.807) is 6.92 Å². The van der Waals surface area contributed by atoms with E-state index >= 15 is 0 Å². The third kappa shape index (κ3) is 5.07. The van der Waals surface area contributed by atoms with Crippen molar-refractivity contribution >= 4 is 0 Å². The second kappa shape index (κ2) is 9.86. The zero-order valence-corrected chi connectivity index (χ0v) is 17.3. The third-order valence-electron chi connectivity index (χ3n) is 4.68. The van der Waals surface area contributed by atoms with E-state index in [2.05, 4.69) is 4.74 Å². The Bertz CT molecular complexity index is 1190. The average molecular weight is 494 g/mol. The maximum Gasteiger partial charge on any atom is 0.429 e. The van der Waals surface area contributed by atoms with E-state index in [1.165, 1.54) is 0 Å². The van der Waals surface area contributed by atoms with Crippen molar-refractivity contribution in [3.8, 4) is 11.5 Å². The first-order valence-electron chi connectivity index (χ1n) is 9.74. The Kier molecular flexibility index (Phi) is 7.32. The molecule has 0 fully saturated rings. The van der Waals surface area contributed by atoms with Crippen molar-refractivity contribution < 1.29 is 49.0 Å². The number of aryl methyl sites for hydroxylation is 1. The first-order chi connectivity index (χ1) is 16.0. The van der Waals surface area contributed by atoms with Gasteiger partial charge >= 0.3 is 6.11 Å². The minimum absolute atomic E-state index is 0.0912. The summed E-state index contributed by atoms with van der Waals surface area (Å²) >= 11 is 0. The molecule has 0 aliphatic rings. The topological polar surface area (TPSA) is 18.5 Å². The van der Waals surface area contributed by atoms with Crippen LogP contribution in [0.4, 0.5) is 39.5 Å². The molecule has 182 valence electrons. The lowest BCUT2D eigenvalue weighted by Crippen LogP contribution is -2.25. The lowest BCUT2D eigenvalue weighted by Gasteiger charge is -2.20. The Morgan fingerprint density at radius 3 is 1.91 bits per heavy atom. The molecule has 0 aliphatic heterocycles. The summed E-state index contributed by atoms with van der Waals surface area (Å²) in [7, 11) is 0. The Labute approximate surface area is 187 Å². The van der Waals surface area contributed by atoms with Crippen molar-refractivity contribution in [2.45, 2.75) is 32.5 Å². The summed E-state index contributed by atoms with van der Waals surface area (Å²) in [4.78, 5) is 0. The lowest BCUT2D eigenvalue weighted by molar-refractivity contribution is -0.189. The van der Waals surface area contributed by atoms with Gasteiger partial charge in [0.15, 0.2) is 40.6 Å². The number of hydrogen-bond donors (Lipinski definition) is 0. The summed E-state index contributed by atoms with van der Waals surface area (Å²) in [6.07, 6.45) is -4.06. The Balaban J connectivity index is 1.81. The highest BCUT2D eigenvalue weighted by Crippen LogP contribution is 2.37. The summed E-state index contributed by atoms with van der Waals surface area (Å²) in [5, 5.41) is 0. The highest BCUT2D eigenvalue weighted by Gasteiger charge is 2.40. The van der Waals surface area contributed by atoms with Crippen molar-refractivity contribution in [3.63, 3.8) is 0 Å². The zero-order valence-electron chi connectivity index (χ0n) is 17.3. The van der Waals surface area contributed by atoms with Crippen LogP contribution in [0.1, 0.15) is 30.0 Å². The first kappa shape index (κ1) is 25.3. The molecule has 3 aromatic carbocycles. The van der Waals surface area contributed by atoms with Crippen molar-refractivity contribution in [1.29, 1.82) is 0 Å². The van der Waals surface area contributed by atoms with Crippen LogP contribution in [0.15, 0.2) is 36.4 Å². The molecule has 0 aliphatic carbocycles. The Morgan fingerprint density at radius 2 is 1.29 bits per heavy atom. The van der Waals surface area contributed by atoms with Crippen LogP contribution in [-0.4, -0.2) is 0 Å². The fraction of sp³-hybridized carbons (Fsp3) is 0.217. The van der Waals surface area contributed by atoms with Crippen LogP contribution in [0.2, 0.25) is 0 Å². The number of benzene rings is 3. The van der Waals surface area contributed by atoms with E-state index in [9.17, 15) is 39.5 Å². The van der Waals surface area contributed by atoms with Gasteiger partial charge in [-0.15, -0.1) is 0 Å². The summed E-state index contributed by atoms with van der Waals surface area (Å²) in [5.74, 6) is -14.2. The van der Waals surface area contributed by atoms with Gasteiger partial charge in [-0.25, -0.2) is 22.0 Å². The predicted molar refractivity (Wildman–Crippen MR) is 102 cm³/mol. The van der Waals surface area contributed by atoms with Crippen LogP contribution in [0.5, 0.6) is 11.5 Å². The second-order valence-electron chi connectivity index (χ2n) is 7.12. The minimum Gasteiger partial charge on any atom is -0.486 e. The fourth-order valence-electron chi connectivity index (χ4n) is 3.03. The van der Waals surface area contributed by atoms with Crippen LogP contribution in [0.3, 0.4) is 0 Å². The van der Waals surface area contributed by atoms with Gasteiger partial charge in [0.1, 0.15) is 12.2 Å².